The van der Waals surface area contributed by atoms with E-state index in [0.29, 0.717) is 12.4 Å². The van der Waals surface area contributed by atoms with E-state index in [1.807, 2.05) is 20.8 Å². The van der Waals surface area contributed by atoms with Gasteiger partial charge in [-0.3, -0.25) is 9.05 Å². The van der Waals surface area contributed by atoms with Crippen LogP contribution in [0.3, 0.4) is 0 Å². The van der Waals surface area contributed by atoms with Crippen LogP contribution in [0.15, 0.2) is 12.4 Å². The normalized spacial score (nSPS) is 14.4. The number of rotatable bonds is 6. The van der Waals surface area contributed by atoms with Crippen LogP contribution in [0.4, 0.5) is 0 Å². The van der Waals surface area contributed by atoms with Crippen molar-refractivity contribution < 1.29 is 36.0 Å². The molecular weight excluding hydrogens is 492 g/mol. The fourth-order valence-electron chi connectivity index (χ4n) is 1.37. The van der Waals surface area contributed by atoms with Crippen LogP contribution in [0, 0.1) is 0 Å². The van der Waals surface area contributed by atoms with Gasteiger partial charge in [0.2, 0.25) is 0 Å². The summed E-state index contributed by atoms with van der Waals surface area (Å²) in [5.41, 5.74) is -0.104. The van der Waals surface area contributed by atoms with Gasteiger partial charge in [0.05, 0.1) is 25.1 Å². The average molecular weight is 515 g/mol. The molecule has 8 heteroatoms. The molecule has 5 nitrogen and oxygen atoms in total. The number of hydrogen-bond donors (Lipinski definition) is 0. The summed E-state index contributed by atoms with van der Waals surface area (Å²) in [7, 11) is 0. The molecule has 0 saturated heterocycles. The van der Waals surface area contributed by atoms with Crippen LogP contribution in [-0.2, 0) is 48.6 Å². The Hall–Kier alpha value is 0.190. The second kappa shape index (κ2) is 8.73. The van der Waals surface area contributed by atoms with Gasteiger partial charge in [0, 0.05) is 39.6 Å². The van der Waals surface area contributed by atoms with Crippen LogP contribution in [0.2, 0.25) is 0 Å². The summed E-state index contributed by atoms with van der Waals surface area (Å²) in [5, 5.41) is 0. The van der Waals surface area contributed by atoms with E-state index >= 15 is 0 Å². The maximum absolute atomic E-state index is 5.68. The summed E-state index contributed by atoms with van der Waals surface area (Å²) in [4.78, 5) is 8.60. The second-order valence-corrected chi connectivity index (χ2v) is 8.49. The van der Waals surface area contributed by atoms with Crippen molar-refractivity contribution in [1.29, 1.82) is 0 Å². The van der Waals surface area contributed by atoms with Crippen molar-refractivity contribution in [3.63, 3.8) is 0 Å². The largest absolute Gasteiger partial charge is 0.421 e. The third kappa shape index (κ3) is 7.33. The Morgan fingerprint density at radius 3 is 2.14 bits per heavy atom. The molecule has 125 valence electrons. The topological polar surface area (TPSA) is 53.5 Å². The predicted molar refractivity (Wildman–Crippen MR) is 83.5 cm³/mol. The minimum absolute atomic E-state index is 0. The molecule has 1 radical (unpaired) electrons. The quantitative estimate of drug-likeness (QED) is 0.424. The van der Waals surface area contributed by atoms with Crippen LogP contribution in [-0.4, -0.2) is 22.7 Å². The molecular formula is C13H23AuN2O3PS. The van der Waals surface area contributed by atoms with Crippen molar-refractivity contribution in [2.24, 2.45) is 0 Å². The standard InChI is InChI=1S/C13H23N2O3PS.Au/c1-7-16-19(20,17-10(2)3)18-11-8-14-12(15-9-11)13(4,5)6;/h8-10H,7H2,1-6H3;. The Balaban J connectivity index is 0.00000400. The van der Waals surface area contributed by atoms with Crippen molar-refractivity contribution in [3.8, 4) is 5.75 Å². The Kier molecular flexibility index (Phi) is 8.81. The maximum Gasteiger partial charge on any atom is 0.380 e. The SMILES string of the molecule is CCOP(=S)(Oc1cnc(C(C)(C)C)nc1)OC(C)C.[Au]. The van der Waals surface area contributed by atoms with E-state index < -0.39 is 6.72 Å². The van der Waals surface area contributed by atoms with Gasteiger partial charge < -0.3 is 4.52 Å². The molecule has 0 aliphatic carbocycles. The smallest absolute Gasteiger partial charge is 0.380 e. The van der Waals surface area contributed by atoms with Crippen LogP contribution >= 0.6 is 6.72 Å². The van der Waals surface area contributed by atoms with E-state index in [-0.39, 0.29) is 33.9 Å². The molecule has 1 aromatic heterocycles. The molecule has 0 N–H and O–H groups in total. The molecule has 21 heavy (non-hydrogen) atoms. The summed E-state index contributed by atoms with van der Waals surface area (Å²) in [6, 6.07) is 0. The third-order valence-electron chi connectivity index (χ3n) is 2.14. The van der Waals surface area contributed by atoms with Gasteiger partial charge in [0.25, 0.3) is 0 Å². The molecule has 0 aromatic carbocycles. The van der Waals surface area contributed by atoms with E-state index in [0.717, 1.165) is 5.82 Å². The van der Waals surface area contributed by atoms with Crippen LogP contribution in [0.25, 0.3) is 0 Å². The van der Waals surface area contributed by atoms with Gasteiger partial charge in [-0.2, -0.15) is 0 Å². The summed E-state index contributed by atoms with van der Waals surface area (Å²) in [6.07, 6.45) is 3.15. The van der Waals surface area contributed by atoms with E-state index in [2.05, 4.69) is 30.7 Å². The van der Waals surface area contributed by atoms with E-state index in [1.165, 1.54) is 0 Å². The summed E-state index contributed by atoms with van der Waals surface area (Å²) in [5.74, 6) is 1.22. The zero-order chi connectivity index (χ0) is 15.4. The number of nitrogens with zero attached hydrogens (tertiary/aromatic N) is 2. The molecule has 0 fully saturated rings. The molecule has 1 atom stereocenters. The first-order valence-electron chi connectivity index (χ1n) is 6.61. The molecule has 0 bridgehead atoms. The maximum atomic E-state index is 5.68. The van der Waals surface area contributed by atoms with Crippen molar-refractivity contribution >= 4 is 18.5 Å². The first-order chi connectivity index (χ1) is 9.16. The zero-order valence-corrected chi connectivity index (χ0v) is 17.1. The molecule has 1 aromatic rings. The first-order valence-corrected chi connectivity index (χ1v) is 9.17. The van der Waals surface area contributed by atoms with Crippen LogP contribution in [0.5, 0.6) is 5.75 Å². The van der Waals surface area contributed by atoms with Gasteiger partial charge in [-0.1, -0.05) is 20.8 Å². The predicted octanol–water partition coefficient (Wildman–Crippen LogP) is 3.84. The van der Waals surface area contributed by atoms with Crippen molar-refractivity contribution in [1.82, 2.24) is 9.97 Å². The Bertz CT molecular complexity index is 477. The molecule has 0 spiro atoms. The summed E-state index contributed by atoms with van der Waals surface area (Å²) in [6.45, 7) is 9.43. The van der Waals surface area contributed by atoms with Crippen LogP contribution in [0.1, 0.15) is 47.4 Å². The van der Waals surface area contributed by atoms with Crippen molar-refractivity contribution in [3.05, 3.63) is 18.2 Å². The van der Waals surface area contributed by atoms with Crippen LogP contribution < -0.4 is 4.52 Å². The van der Waals surface area contributed by atoms with Crippen molar-refractivity contribution in [2.45, 2.75) is 53.1 Å². The number of aromatic nitrogens is 2. The molecule has 0 aliphatic rings. The summed E-state index contributed by atoms with van der Waals surface area (Å²) < 4.78 is 16.8. The molecule has 1 heterocycles. The Morgan fingerprint density at radius 1 is 1.24 bits per heavy atom. The molecule has 0 amide bonds. The Morgan fingerprint density at radius 2 is 1.76 bits per heavy atom. The van der Waals surface area contributed by atoms with E-state index in [4.69, 9.17) is 25.4 Å². The van der Waals surface area contributed by atoms with E-state index in [9.17, 15) is 0 Å². The molecule has 1 rings (SSSR count). The minimum atomic E-state index is -2.80. The van der Waals surface area contributed by atoms with Crippen molar-refractivity contribution in [2.75, 3.05) is 6.61 Å². The third-order valence-corrected chi connectivity index (χ3v) is 4.63. The minimum Gasteiger partial charge on any atom is -0.421 e. The Labute approximate surface area is 148 Å². The van der Waals surface area contributed by atoms with Gasteiger partial charge in [0.15, 0.2) is 5.75 Å². The second-order valence-electron chi connectivity index (χ2n) is 5.60. The zero-order valence-electron chi connectivity index (χ0n) is 13.2. The van der Waals surface area contributed by atoms with Gasteiger partial charge in [-0.25, -0.2) is 9.97 Å². The van der Waals surface area contributed by atoms with E-state index in [1.54, 1.807) is 12.4 Å². The fourth-order valence-corrected chi connectivity index (χ4v) is 3.81. The summed E-state index contributed by atoms with van der Waals surface area (Å²) >= 11 is 5.35. The van der Waals surface area contributed by atoms with Gasteiger partial charge in [-0.15, -0.1) is 0 Å². The molecule has 0 aliphatic heterocycles. The fraction of sp³-hybridized carbons (Fsp3) is 0.692. The number of hydrogen-bond acceptors (Lipinski definition) is 6. The van der Waals surface area contributed by atoms with Gasteiger partial charge in [-0.05, 0) is 20.8 Å². The molecule has 1 unspecified atom stereocenters. The monoisotopic (exact) mass is 515 g/mol. The molecule has 0 saturated carbocycles. The first kappa shape index (κ1) is 21.2. The van der Waals surface area contributed by atoms with Gasteiger partial charge in [0.1, 0.15) is 5.82 Å². The van der Waals surface area contributed by atoms with Gasteiger partial charge >= 0.3 is 6.72 Å². The average Bonchev–Trinajstić information content (AvgIpc) is 2.27.